The Bertz CT molecular complexity index is 831. The smallest absolute Gasteiger partial charge is 0.0650 e. The second kappa shape index (κ2) is 10.0. The van der Waals surface area contributed by atoms with Crippen LogP contribution in [0, 0.1) is 0 Å². The molecule has 1 aliphatic rings. The molecule has 0 fully saturated rings. The molecule has 8 heteroatoms. The van der Waals surface area contributed by atoms with Gasteiger partial charge in [-0.05, 0) is 17.2 Å². The molecule has 0 bridgehead atoms. The van der Waals surface area contributed by atoms with E-state index in [1.165, 1.54) is 0 Å². The number of hydrogen-bond donors (Lipinski definition) is 1. The number of aromatic nitrogens is 2. The molecule has 3 aromatic rings. The fraction of sp³-hybridized carbons (Fsp3) is 0.118. The number of aromatic amines is 1. The molecule has 1 aromatic heterocycles. The van der Waals surface area contributed by atoms with Crippen LogP contribution in [0.25, 0.3) is 16.3 Å². The summed E-state index contributed by atoms with van der Waals surface area (Å²) < 4.78 is 0. The summed E-state index contributed by atoms with van der Waals surface area (Å²) in [5, 5.41) is 17.2. The third-order valence-corrected chi connectivity index (χ3v) is 3.40. The Morgan fingerprint density at radius 1 is 1.08 bits per heavy atom. The molecule has 0 saturated heterocycles. The standard InChI is InChI=1S/C10H9N2.C7H6N2.3ClH.Ru/c1-7(11)10-9-5-3-2-4-8(9)6-12-10;1-2-4-7-6(3-1)5-8-9-7;;;;/h2-6,10H,1H3;1-5H,(H,8,9);3*1H;/q-1;;;;;+3/p-3. The Hall–Kier alpha value is -1.26. The van der Waals surface area contributed by atoms with Gasteiger partial charge in [0.05, 0.1) is 17.8 Å². The molecule has 1 unspecified atom stereocenters. The van der Waals surface area contributed by atoms with E-state index < -0.39 is 13.0 Å². The fourth-order valence-corrected chi connectivity index (χ4v) is 2.33. The van der Waals surface area contributed by atoms with Gasteiger partial charge >= 0.3 is 42.1 Å². The molecule has 2 aromatic carbocycles. The van der Waals surface area contributed by atoms with Crippen molar-refractivity contribution in [3.05, 3.63) is 71.3 Å². The Balaban J connectivity index is 0.000000153. The van der Waals surface area contributed by atoms with Crippen LogP contribution in [-0.4, -0.2) is 22.1 Å². The van der Waals surface area contributed by atoms with Crippen molar-refractivity contribution in [1.82, 2.24) is 10.2 Å². The van der Waals surface area contributed by atoms with Gasteiger partial charge in [0.25, 0.3) is 0 Å². The van der Waals surface area contributed by atoms with Crippen LogP contribution in [0.2, 0.25) is 0 Å². The van der Waals surface area contributed by atoms with Crippen molar-refractivity contribution >= 4 is 51.9 Å². The van der Waals surface area contributed by atoms with Gasteiger partial charge in [0.2, 0.25) is 0 Å². The first kappa shape index (κ1) is 20.1. The summed E-state index contributed by atoms with van der Waals surface area (Å²) in [7, 11) is 14.8. The largest absolute Gasteiger partial charge is 0.278 e. The predicted octanol–water partition coefficient (Wildman–Crippen LogP) is 5.82. The first-order valence-electron chi connectivity index (χ1n) is 7.18. The molecule has 133 valence electrons. The number of benzene rings is 2. The first-order chi connectivity index (χ1) is 12.0. The molecule has 4 rings (SSSR count). The van der Waals surface area contributed by atoms with Gasteiger partial charge in [-0.15, -0.1) is 0 Å². The quantitative estimate of drug-likeness (QED) is 0.345. The molecule has 2 heterocycles. The number of nitrogens with zero attached hydrogens (tertiary/aromatic N) is 3. The zero-order valence-electron chi connectivity index (χ0n) is 13.2. The zero-order chi connectivity index (χ0) is 18.2. The summed E-state index contributed by atoms with van der Waals surface area (Å²) in [6.07, 6.45) is 3.62. The minimum absolute atomic E-state index is 0.138. The maximum atomic E-state index is 9.30. The van der Waals surface area contributed by atoms with Crippen LogP contribution in [0.4, 0.5) is 0 Å². The van der Waals surface area contributed by atoms with Crippen molar-refractivity contribution in [3.8, 4) is 0 Å². The Morgan fingerprint density at radius 3 is 2.40 bits per heavy atom. The molecule has 0 saturated carbocycles. The fourth-order valence-electron chi connectivity index (χ4n) is 2.33. The Morgan fingerprint density at radius 2 is 1.72 bits per heavy atom. The van der Waals surface area contributed by atoms with E-state index >= 15 is 0 Å². The Labute approximate surface area is 163 Å². The summed E-state index contributed by atoms with van der Waals surface area (Å²) in [6, 6.07) is 15.8. The normalized spacial score (nSPS) is 14.7. The summed E-state index contributed by atoms with van der Waals surface area (Å²) in [4.78, 5) is 4.19. The second-order valence-corrected chi connectivity index (χ2v) is 13.0. The molecular formula is C17H15Cl3N4Ru-. The van der Waals surface area contributed by atoms with E-state index in [2.05, 4.69) is 15.2 Å². The number of hydrogen-bond acceptors (Lipinski definition) is 2. The summed E-state index contributed by atoms with van der Waals surface area (Å²) >= 11 is -1.75. The first-order valence-corrected chi connectivity index (χ1v) is 13.9. The molecule has 0 aliphatic carbocycles. The molecule has 0 radical (unpaired) electrons. The summed E-state index contributed by atoms with van der Waals surface area (Å²) in [6.45, 7) is 1.68. The number of nitrogens with one attached hydrogen (secondary N) is 1. The van der Waals surface area contributed by atoms with Crippen molar-refractivity contribution in [2.45, 2.75) is 13.0 Å². The number of rotatable bonds is 1. The SMILES string of the molecule is CC(=[N-])C1N=Cc2ccccc21.[Cl][Ru]([Cl])[Cl].c1ccc2[nH]ncc2c1. The van der Waals surface area contributed by atoms with Crippen LogP contribution >= 0.6 is 29.1 Å². The molecule has 1 atom stereocenters. The molecule has 1 N–H and O–H groups in total. The van der Waals surface area contributed by atoms with E-state index in [4.69, 9.17) is 29.1 Å². The second-order valence-electron chi connectivity index (χ2n) is 5.06. The van der Waals surface area contributed by atoms with Gasteiger partial charge in [-0.3, -0.25) is 10.1 Å². The van der Waals surface area contributed by atoms with Gasteiger partial charge in [-0.1, -0.05) is 49.4 Å². The average molecular weight is 483 g/mol. The van der Waals surface area contributed by atoms with Crippen LogP contribution in [0.1, 0.15) is 24.1 Å². The van der Waals surface area contributed by atoms with E-state index in [9.17, 15) is 5.41 Å². The van der Waals surface area contributed by atoms with Crippen molar-refractivity contribution in [2.24, 2.45) is 4.99 Å². The van der Waals surface area contributed by atoms with E-state index in [0.717, 1.165) is 22.0 Å². The van der Waals surface area contributed by atoms with Gasteiger partial charge in [0.15, 0.2) is 0 Å². The third kappa shape index (κ3) is 6.20. The molecular weight excluding hydrogens is 468 g/mol. The monoisotopic (exact) mass is 482 g/mol. The number of halogens is 3. The van der Waals surface area contributed by atoms with E-state index in [0.29, 0.717) is 5.71 Å². The number of aliphatic imine (C=N–C) groups is 1. The molecule has 0 amide bonds. The molecule has 4 nitrogen and oxygen atoms in total. The summed E-state index contributed by atoms with van der Waals surface area (Å²) in [5.74, 6) is 0. The maximum absolute atomic E-state index is 9.30. The van der Waals surface area contributed by atoms with E-state index in [1.807, 2.05) is 54.7 Å². The third-order valence-electron chi connectivity index (χ3n) is 3.40. The van der Waals surface area contributed by atoms with Crippen LogP contribution in [0.3, 0.4) is 0 Å². The number of H-pyrrole nitrogens is 1. The Kier molecular flexibility index (Phi) is 8.05. The molecule has 1 aliphatic heterocycles. The molecule has 25 heavy (non-hydrogen) atoms. The van der Waals surface area contributed by atoms with Crippen molar-refractivity contribution in [1.29, 1.82) is 0 Å². The topological polar surface area (TPSA) is 63.3 Å². The maximum Gasteiger partial charge on any atom is 0.0650 e. The van der Waals surface area contributed by atoms with Crippen LogP contribution < -0.4 is 0 Å². The van der Waals surface area contributed by atoms with Crippen molar-refractivity contribution < 1.29 is 13.0 Å². The van der Waals surface area contributed by atoms with Crippen LogP contribution in [-0.2, 0) is 13.0 Å². The van der Waals surface area contributed by atoms with Gasteiger partial charge in [0.1, 0.15) is 0 Å². The van der Waals surface area contributed by atoms with Gasteiger partial charge in [-0.2, -0.15) is 10.8 Å². The zero-order valence-corrected chi connectivity index (χ0v) is 17.2. The van der Waals surface area contributed by atoms with Crippen molar-refractivity contribution in [3.63, 3.8) is 0 Å². The minimum Gasteiger partial charge on any atom is -0.278 e. The van der Waals surface area contributed by atoms with E-state index in [1.54, 1.807) is 13.1 Å². The van der Waals surface area contributed by atoms with Gasteiger partial charge < -0.3 is 5.41 Å². The number of para-hydroxylation sites is 1. The summed E-state index contributed by atoms with van der Waals surface area (Å²) in [5.41, 5.74) is 3.65. The van der Waals surface area contributed by atoms with Crippen LogP contribution in [0.5, 0.6) is 0 Å². The molecule has 0 spiro atoms. The average Bonchev–Trinajstić information content (AvgIpc) is 3.21. The van der Waals surface area contributed by atoms with Gasteiger partial charge in [-0.25, -0.2) is 0 Å². The van der Waals surface area contributed by atoms with Crippen LogP contribution in [0.15, 0.2) is 59.7 Å². The predicted molar refractivity (Wildman–Crippen MR) is 104 cm³/mol. The van der Waals surface area contributed by atoms with Crippen molar-refractivity contribution in [2.75, 3.05) is 0 Å². The minimum atomic E-state index is -1.75. The van der Waals surface area contributed by atoms with Gasteiger partial charge in [0, 0.05) is 11.6 Å². The number of fused-ring (bicyclic) bond motifs is 2. The van der Waals surface area contributed by atoms with E-state index in [-0.39, 0.29) is 6.04 Å².